The molecule has 0 unspecified atom stereocenters. The van der Waals surface area contributed by atoms with E-state index in [9.17, 15) is 4.79 Å². The zero-order valence-corrected chi connectivity index (χ0v) is 12.2. The largest absolute Gasteiger partial charge is 0.381 e. The molecule has 1 saturated heterocycles. The Morgan fingerprint density at radius 1 is 1.33 bits per heavy atom. The standard InChI is InChI=1S/C17H19NO3/c1-2-21-17(7-10-20-11-8-17)16(19)15-5-3-4-13-12-18-9-6-14(13)15/h3-6,9,12H,2,7-8,10-11H2,1H3. The SMILES string of the molecule is CCOC1(C(=O)c2cccc3cnccc23)CCOCC1. The molecule has 0 saturated carbocycles. The third-order valence-electron chi connectivity index (χ3n) is 4.06. The summed E-state index contributed by atoms with van der Waals surface area (Å²) in [7, 11) is 0. The Morgan fingerprint density at radius 2 is 2.14 bits per heavy atom. The molecule has 2 heterocycles. The molecule has 0 amide bonds. The fourth-order valence-corrected chi connectivity index (χ4v) is 2.98. The molecule has 0 radical (unpaired) electrons. The lowest BCUT2D eigenvalue weighted by Crippen LogP contribution is -2.46. The van der Waals surface area contributed by atoms with Crippen LogP contribution in [0, 0.1) is 0 Å². The second-order valence-electron chi connectivity index (χ2n) is 5.27. The van der Waals surface area contributed by atoms with Crippen molar-refractivity contribution in [2.45, 2.75) is 25.4 Å². The van der Waals surface area contributed by atoms with Gasteiger partial charge in [-0.25, -0.2) is 0 Å². The first-order chi connectivity index (χ1) is 10.3. The first-order valence-corrected chi connectivity index (χ1v) is 7.36. The molecule has 0 bridgehead atoms. The molecule has 3 rings (SSSR count). The molecule has 1 aromatic heterocycles. The normalized spacial score (nSPS) is 17.8. The van der Waals surface area contributed by atoms with Crippen LogP contribution in [0.1, 0.15) is 30.1 Å². The van der Waals surface area contributed by atoms with E-state index in [1.165, 1.54) is 0 Å². The molecule has 1 fully saturated rings. The molecular formula is C17H19NO3. The number of carbonyl (C=O) groups is 1. The quantitative estimate of drug-likeness (QED) is 0.810. The summed E-state index contributed by atoms with van der Waals surface area (Å²) in [5.74, 6) is 0.0597. The van der Waals surface area contributed by atoms with Crippen LogP contribution in [0.15, 0.2) is 36.7 Å². The van der Waals surface area contributed by atoms with E-state index in [0.29, 0.717) is 38.2 Å². The number of ether oxygens (including phenoxy) is 2. The van der Waals surface area contributed by atoms with Crippen LogP contribution in [-0.4, -0.2) is 36.2 Å². The summed E-state index contributed by atoms with van der Waals surface area (Å²) in [6, 6.07) is 7.63. The topological polar surface area (TPSA) is 48.4 Å². The Labute approximate surface area is 124 Å². The van der Waals surface area contributed by atoms with Gasteiger partial charge < -0.3 is 9.47 Å². The Morgan fingerprint density at radius 3 is 2.90 bits per heavy atom. The van der Waals surface area contributed by atoms with Crippen molar-refractivity contribution in [2.75, 3.05) is 19.8 Å². The van der Waals surface area contributed by atoms with Gasteiger partial charge in [0.2, 0.25) is 0 Å². The van der Waals surface area contributed by atoms with Crippen LogP contribution < -0.4 is 0 Å². The van der Waals surface area contributed by atoms with E-state index in [2.05, 4.69) is 4.98 Å². The fraction of sp³-hybridized carbons (Fsp3) is 0.412. The second kappa shape index (κ2) is 5.92. The first-order valence-electron chi connectivity index (χ1n) is 7.36. The molecule has 0 aliphatic carbocycles. The predicted molar refractivity (Wildman–Crippen MR) is 80.5 cm³/mol. The maximum Gasteiger partial charge on any atom is 0.195 e. The molecule has 0 spiro atoms. The fourth-order valence-electron chi connectivity index (χ4n) is 2.98. The molecule has 1 aliphatic heterocycles. The van der Waals surface area contributed by atoms with Crippen molar-refractivity contribution in [1.82, 2.24) is 4.98 Å². The Hall–Kier alpha value is -1.78. The summed E-state index contributed by atoms with van der Waals surface area (Å²) in [5, 5.41) is 1.91. The van der Waals surface area contributed by atoms with Gasteiger partial charge in [-0.2, -0.15) is 0 Å². The number of carbonyl (C=O) groups excluding carboxylic acids is 1. The van der Waals surface area contributed by atoms with E-state index in [1.807, 2.05) is 31.2 Å². The van der Waals surface area contributed by atoms with Crippen molar-refractivity contribution >= 4 is 16.6 Å². The van der Waals surface area contributed by atoms with Gasteiger partial charge in [0.15, 0.2) is 5.78 Å². The number of hydrogen-bond acceptors (Lipinski definition) is 4. The first kappa shape index (κ1) is 14.2. The predicted octanol–water partition coefficient (Wildman–Crippen LogP) is 3.00. The molecule has 110 valence electrons. The molecule has 4 nitrogen and oxygen atoms in total. The molecule has 1 aromatic carbocycles. The van der Waals surface area contributed by atoms with E-state index in [1.54, 1.807) is 12.4 Å². The van der Waals surface area contributed by atoms with Crippen molar-refractivity contribution in [3.63, 3.8) is 0 Å². The van der Waals surface area contributed by atoms with Gasteiger partial charge in [-0.05, 0) is 18.4 Å². The second-order valence-corrected chi connectivity index (χ2v) is 5.27. The lowest BCUT2D eigenvalue weighted by Gasteiger charge is -2.35. The lowest BCUT2D eigenvalue weighted by molar-refractivity contribution is -0.0821. The van der Waals surface area contributed by atoms with Gasteiger partial charge in [-0.15, -0.1) is 0 Å². The van der Waals surface area contributed by atoms with E-state index >= 15 is 0 Å². The van der Waals surface area contributed by atoms with Gasteiger partial charge in [0.25, 0.3) is 0 Å². The van der Waals surface area contributed by atoms with Gasteiger partial charge in [0.1, 0.15) is 5.60 Å². The van der Waals surface area contributed by atoms with Crippen LogP contribution in [0.4, 0.5) is 0 Å². The maximum absolute atomic E-state index is 13.1. The molecule has 0 atom stereocenters. The van der Waals surface area contributed by atoms with E-state index in [-0.39, 0.29) is 5.78 Å². The van der Waals surface area contributed by atoms with Crippen LogP contribution in [-0.2, 0) is 9.47 Å². The number of aromatic nitrogens is 1. The van der Waals surface area contributed by atoms with Crippen LogP contribution in [0.25, 0.3) is 10.8 Å². The highest BCUT2D eigenvalue weighted by Gasteiger charge is 2.41. The summed E-state index contributed by atoms with van der Waals surface area (Å²) >= 11 is 0. The maximum atomic E-state index is 13.1. The van der Waals surface area contributed by atoms with Gasteiger partial charge >= 0.3 is 0 Å². The molecule has 1 aliphatic rings. The number of ketones is 1. The van der Waals surface area contributed by atoms with Crippen LogP contribution in [0.5, 0.6) is 0 Å². The molecular weight excluding hydrogens is 266 g/mol. The highest BCUT2D eigenvalue weighted by atomic mass is 16.5. The zero-order chi connectivity index (χ0) is 14.7. The number of hydrogen-bond donors (Lipinski definition) is 0. The number of benzene rings is 1. The minimum atomic E-state index is -0.745. The summed E-state index contributed by atoms with van der Waals surface area (Å²) in [4.78, 5) is 17.2. The Bertz CT molecular complexity index is 637. The minimum Gasteiger partial charge on any atom is -0.381 e. The third kappa shape index (κ3) is 2.57. The number of fused-ring (bicyclic) bond motifs is 1. The lowest BCUT2D eigenvalue weighted by atomic mass is 9.84. The van der Waals surface area contributed by atoms with Crippen LogP contribution in [0.2, 0.25) is 0 Å². The summed E-state index contributed by atoms with van der Waals surface area (Å²) < 4.78 is 11.3. The van der Waals surface area contributed by atoms with Crippen LogP contribution in [0.3, 0.4) is 0 Å². The Balaban J connectivity index is 2.06. The van der Waals surface area contributed by atoms with Crippen LogP contribution >= 0.6 is 0 Å². The third-order valence-corrected chi connectivity index (χ3v) is 4.06. The van der Waals surface area contributed by atoms with Gasteiger partial charge in [-0.3, -0.25) is 9.78 Å². The number of Topliss-reactive ketones (excluding diaryl/α,β-unsaturated/α-hetero) is 1. The molecule has 4 heteroatoms. The van der Waals surface area contributed by atoms with Gasteiger partial charge in [0.05, 0.1) is 0 Å². The molecule has 2 aromatic rings. The average molecular weight is 285 g/mol. The highest BCUT2D eigenvalue weighted by Crippen LogP contribution is 2.31. The molecule has 21 heavy (non-hydrogen) atoms. The van der Waals surface area contributed by atoms with Crippen molar-refractivity contribution < 1.29 is 14.3 Å². The zero-order valence-electron chi connectivity index (χ0n) is 12.2. The Kier molecular flexibility index (Phi) is 3.99. The van der Waals surface area contributed by atoms with Crippen molar-refractivity contribution in [2.24, 2.45) is 0 Å². The van der Waals surface area contributed by atoms with E-state index in [4.69, 9.17) is 9.47 Å². The average Bonchev–Trinajstić information content (AvgIpc) is 2.55. The molecule has 0 N–H and O–H groups in total. The van der Waals surface area contributed by atoms with E-state index in [0.717, 1.165) is 10.8 Å². The number of rotatable bonds is 4. The van der Waals surface area contributed by atoms with E-state index < -0.39 is 5.60 Å². The smallest absolute Gasteiger partial charge is 0.195 e. The monoisotopic (exact) mass is 285 g/mol. The summed E-state index contributed by atoms with van der Waals surface area (Å²) in [6.07, 6.45) is 4.72. The minimum absolute atomic E-state index is 0.0597. The summed E-state index contributed by atoms with van der Waals surface area (Å²) in [5.41, 5.74) is -0.0323. The number of pyridine rings is 1. The van der Waals surface area contributed by atoms with Gasteiger partial charge in [-0.1, -0.05) is 18.2 Å². The summed E-state index contributed by atoms with van der Waals surface area (Å²) in [6.45, 7) is 3.59. The van der Waals surface area contributed by atoms with Crippen molar-refractivity contribution in [1.29, 1.82) is 0 Å². The van der Waals surface area contributed by atoms with Gasteiger partial charge in [0, 0.05) is 56.0 Å². The van der Waals surface area contributed by atoms with Crippen molar-refractivity contribution in [3.05, 3.63) is 42.2 Å². The highest BCUT2D eigenvalue weighted by molar-refractivity contribution is 6.11. The van der Waals surface area contributed by atoms with Crippen molar-refractivity contribution in [3.8, 4) is 0 Å². The number of nitrogens with zero attached hydrogens (tertiary/aromatic N) is 1.